The van der Waals surface area contributed by atoms with Crippen LogP contribution in [0.25, 0.3) is 17.2 Å². The minimum atomic E-state index is 0.378. The smallest absolute Gasteiger partial charge is 0.166 e. The van der Waals surface area contributed by atoms with Gasteiger partial charge in [0.25, 0.3) is 0 Å². The van der Waals surface area contributed by atoms with Gasteiger partial charge < -0.3 is 10.3 Å². The zero-order chi connectivity index (χ0) is 19.6. The van der Waals surface area contributed by atoms with Crippen LogP contribution in [0.15, 0.2) is 18.7 Å². The Morgan fingerprint density at radius 2 is 1.89 bits per heavy atom. The molecule has 0 aliphatic heterocycles. The highest BCUT2D eigenvalue weighted by molar-refractivity contribution is 5.83. The topological polar surface area (TPSA) is 69.6 Å². The van der Waals surface area contributed by atoms with Crippen LogP contribution in [0.2, 0.25) is 0 Å². The second kappa shape index (κ2) is 7.63. The second-order valence-corrected chi connectivity index (χ2v) is 6.86. The Balaban J connectivity index is 2.10. The number of unbranched alkanes of at least 4 members (excludes halogenated alkanes) is 1. The number of anilines is 1. The molecule has 5 nitrogen and oxygen atoms in total. The Hall–Kier alpha value is -3.13. The highest BCUT2D eigenvalue weighted by atomic mass is 15.2. The molecule has 138 valence electrons. The van der Waals surface area contributed by atoms with Crippen LogP contribution < -0.4 is 5.73 Å². The van der Waals surface area contributed by atoms with Gasteiger partial charge in [-0.25, -0.2) is 15.0 Å². The molecule has 3 rings (SSSR count). The van der Waals surface area contributed by atoms with Crippen molar-refractivity contribution in [1.29, 1.82) is 0 Å². The van der Waals surface area contributed by atoms with E-state index in [0.717, 1.165) is 24.4 Å². The van der Waals surface area contributed by atoms with Gasteiger partial charge in [0.1, 0.15) is 5.82 Å². The van der Waals surface area contributed by atoms with Crippen LogP contribution in [0.5, 0.6) is 0 Å². The molecule has 0 bridgehead atoms. The van der Waals surface area contributed by atoms with Crippen molar-refractivity contribution in [3.05, 3.63) is 52.6 Å². The van der Waals surface area contributed by atoms with Gasteiger partial charge in [-0.05, 0) is 55.5 Å². The van der Waals surface area contributed by atoms with E-state index in [1.165, 1.54) is 22.3 Å². The number of hydrogen-bond donors (Lipinski definition) is 1. The van der Waals surface area contributed by atoms with Crippen LogP contribution in [0.4, 0.5) is 5.82 Å². The number of aryl methyl sites for hydroxylation is 3. The first-order chi connectivity index (χ1) is 12.9. The molecule has 2 heterocycles. The van der Waals surface area contributed by atoms with E-state index >= 15 is 0 Å². The van der Waals surface area contributed by atoms with Gasteiger partial charge in [0.2, 0.25) is 0 Å². The number of imidazole rings is 1. The second-order valence-electron chi connectivity index (χ2n) is 6.86. The van der Waals surface area contributed by atoms with Crippen LogP contribution in [-0.2, 0) is 13.0 Å². The molecular weight excluding hydrogens is 334 g/mol. The first-order valence-corrected chi connectivity index (χ1v) is 9.09. The maximum Gasteiger partial charge on any atom is 0.166 e. The molecule has 1 aromatic carbocycles. The first-order valence-electron chi connectivity index (χ1n) is 9.09. The van der Waals surface area contributed by atoms with Crippen LogP contribution in [0, 0.1) is 33.1 Å². The van der Waals surface area contributed by atoms with E-state index in [2.05, 4.69) is 59.9 Å². The molecule has 2 N–H and O–H groups in total. The third-order valence-electron chi connectivity index (χ3n) is 4.95. The van der Waals surface area contributed by atoms with Gasteiger partial charge in [-0.15, -0.1) is 12.3 Å². The molecule has 0 unspecified atom stereocenters. The average Bonchev–Trinajstić information content (AvgIpc) is 2.98. The zero-order valence-corrected chi connectivity index (χ0v) is 16.2. The van der Waals surface area contributed by atoms with E-state index in [9.17, 15) is 0 Å². The summed E-state index contributed by atoms with van der Waals surface area (Å²) in [7, 11) is 0. The molecular formula is C22H25N5. The molecule has 27 heavy (non-hydrogen) atoms. The monoisotopic (exact) mass is 359 g/mol. The van der Waals surface area contributed by atoms with Crippen molar-refractivity contribution in [2.75, 3.05) is 5.73 Å². The summed E-state index contributed by atoms with van der Waals surface area (Å²) in [6, 6.07) is 4.44. The summed E-state index contributed by atoms with van der Waals surface area (Å²) in [5, 5.41) is 0. The summed E-state index contributed by atoms with van der Waals surface area (Å²) in [5.74, 6) is 4.50. The minimum absolute atomic E-state index is 0.378. The molecule has 0 amide bonds. The normalized spacial score (nSPS) is 10.9. The molecule has 5 heteroatoms. The number of nitrogens with two attached hydrogens (primary N) is 1. The molecule has 0 aliphatic carbocycles. The Kier molecular flexibility index (Phi) is 5.27. The van der Waals surface area contributed by atoms with Gasteiger partial charge in [-0.1, -0.05) is 18.7 Å². The number of aromatic nitrogens is 4. The number of nitrogens with zero attached hydrogens (tertiary/aromatic N) is 4. The summed E-state index contributed by atoms with van der Waals surface area (Å²) in [4.78, 5) is 13.6. The summed E-state index contributed by atoms with van der Waals surface area (Å²) >= 11 is 0. The van der Waals surface area contributed by atoms with Gasteiger partial charge in [0.05, 0.1) is 0 Å². The standard InChI is InChI=1S/C22H25N5/c1-6-8-9-10-27-19(13-17-11-14(3)16(5)15(4)12-17)26-20-21(23)24-18(7-2)25-22(20)27/h1,7,11-12H,2,8-10,13H2,3-5H3,(H2,23,24,25). The fourth-order valence-corrected chi connectivity index (χ4v) is 3.29. The predicted molar refractivity (Wildman–Crippen MR) is 111 cm³/mol. The number of terminal acetylenes is 1. The lowest BCUT2D eigenvalue weighted by Gasteiger charge is -2.11. The Morgan fingerprint density at radius 1 is 1.19 bits per heavy atom. The molecule has 0 fully saturated rings. The van der Waals surface area contributed by atoms with Gasteiger partial charge >= 0.3 is 0 Å². The van der Waals surface area contributed by atoms with Crippen molar-refractivity contribution in [1.82, 2.24) is 19.5 Å². The molecule has 0 spiro atoms. The van der Waals surface area contributed by atoms with E-state index in [1.807, 2.05) is 0 Å². The van der Waals surface area contributed by atoms with E-state index in [1.54, 1.807) is 6.08 Å². The maximum atomic E-state index is 6.12. The molecule has 0 atom stereocenters. The third-order valence-corrected chi connectivity index (χ3v) is 4.95. The number of nitrogen functional groups attached to an aromatic ring is 1. The van der Waals surface area contributed by atoms with Crippen molar-refractivity contribution >= 4 is 23.1 Å². The zero-order valence-electron chi connectivity index (χ0n) is 16.2. The van der Waals surface area contributed by atoms with Gasteiger partial charge in [-0.3, -0.25) is 0 Å². The van der Waals surface area contributed by atoms with Crippen molar-refractivity contribution in [3.8, 4) is 12.3 Å². The van der Waals surface area contributed by atoms with Crippen molar-refractivity contribution in [3.63, 3.8) is 0 Å². The minimum Gasteiger partial charge on any atom is -0.382 e. The summed E-state index contributed by atoms with van der Waals surface area (Å²) in [5.41, 5.74) is 12.6. The fourth-order valence-electron chi connectivity index (χ4n) is 3.29. The fraction of sp³-hybridized carbons (Fsp3) is 0.318. The van der Waals surface area contributed by atoms with Crippen LogP contribution >= 0.6 is 0 Å². The highest BCUT2D eigenvalue weighted by Crippen LogP contribution is 2.24. The third kappa shape index (κ3) is 3.70. The summed E-state index contributed by atoms with van der Waals surface area (Å²) in [6.45, 7) is 10.9. The number of rotatable bonds is 6. The lowest BCUT2D eigenvalue weighted by atomic mass is 9.99. The molecule has 0 radical (unpaired) electrons. The number of benzene rings is 1. The molecule has 2 aromatic heterocycles. The quantitative estimate of drug-likeness (QED) is 0.534. The molecule has 0 aliphatic rings. The first kappa shape index (κ1) is 18.7. The van der Waals surface area contributed by atoms with Gasteiger partial charge in [0, 0.05) is 19.4 Å². The maximum absolute atomic E-state index is 6.12. The van der Waals surface area contributed by atoms with E-state index in [0.29, 0.717) is 30.0 Å². The van der Waals surface area contributed by atoms with Gasteiger partial charge in [-0.2, -0.15) is 0 Å². The van der Waals surface area contributed by atoms with E-state index in [-0.39, 0.29) is 0 Å². The van der Waals surface area contributed by atoms with Crippen molar-refractivity contribution < 1.29 is 0 Å². The SMILES string of the molecule is C#CCCCn1c(Cc2cc(C)c(C)c(C)c2)nc2c(N)nc(C=C)nc21. The molecule has 0 saturated heterocycles. The highest BCUT2D eigenvalue weighted by Gasteiger charge is 2.16. The Morgan fingerprint density at radius 3 is 2.52 bits per heavy atom. The van der Waals surface area contributed by atoms with Crippen molar-refractivity contribution in [2.45, 2.75) is 46.6 Å². The average molecular weight is 359 g/mol. The lowest BCUT2D eigenvalue weighted by molar-refractivity contribution is 0.639. The largest absolute Gasteiger partial charge is 0.382 e. The molecule has 0 saturated carbocycles. The van der Waals surface area contributed by atoms with Crippen LogP contribution in [0.1, 0.15) is 46.7 Å². The number of hydrogen-bond acceptors (Lipinski definition) is 4. The van der Waals surface area contributed by atoms with Gasteiger partial charge in [0.15, 0.2) is 22.8 Å². The lowest BCUT2D eigenvalue weighted by Crippen LogP contribution is -2.07. The van der Waals surface area contributed by atoms with E-state index < -0.39 is 0 Å². The summed E-state index contributed by atoms with van der Waals surface area (Å²) in [6.07, 6.45) is 9.29. The van der Waals surface area contributed by atoms with Crippen LogP contribution in [-0.4, -0.2) is 19.5 Å². The van der Waals surface area contributed by atoms with Crippen molar-refractivity contribution in [2.24, 2.45) is 0 Å². The summed E-state index contributed by atoms with van der Waals surface area (Å²) < 4.78 is 2.11. The Bertz CT molecular complexity index is 1030. The number of fused-ring (bicyclic) bond motifs is 1. The predicted octanol–water partition coefficient (Wildman–Crippen LogP) is 3.98. The molecule has 3 aromatic rings. The van der Waals surface area contributed by atoms with Crippen LogP contribution in [0.3, 0.4) is 0 Å². The van der Waals surface area contributed by atoms with E-state index in [4.69, 9.17) is 17.1 Å². The Labute approximate surface area is 160 Å².